The van der Waals surface area contributed by atoms with E-state index in [1.54, 1.807) is 5.38 Å². The molecule has 4 nitrogen and oxygen atoms in total. The average Bonchev–Trinajstić information content (AvgIpc) is 3.20. The molecule has 1 saturated carbocycles. The molecule has 0 radical (unpaired) electrons. The van der Waals surface area contributed by atoms with Gasteiger partial charge in [0, 0.05) is 5.38 Å². The number of nitrogens with two attached hydrogens (primary N) is 1. The van der Waals surface area contributed by atoms with Crippen molar-refractivity contribution in [1.82, 2.24) is 10.3 Å². The molecular formula is C16H19N3OS. The fourth-order valence-corrected chi connectivity index (χ4v) is 3.14. The maximum atomic E-state index is 12.4. The first kappa shape index (κ1) is 14.2. The van der Waals surface area contributed by atoms with Crippen LogP contribution in [-0.2, 0) is 0 Å². The fraction of sp³-hybridized carbons (Fsp3) is 0.375. The summed E-state index contributed by atoms with van der Waals surface area (Å²) in [5.74, 6) is 0.432. The Morgan fingerprint density at radius 2 is 2.10 bits per heavy atom. The van der Waals surface area contributed by atoms with Crippen LogP contribution in [0.15, 0.2) is 35.7 Å². The van der Waals surface area contributed by atoms with Crippen LogP contribution in [0.4, 0.5) is 0 Å². The van der Waals surface area contributed by atoms with Crippen molar-refractivity contribution in [2.24, 2.45) is 11.7 Å². The second-order valence-corrected chi connectivity index (χ2v) is 6.45. The summed E-state index contributed by atoms with van der Waals surface area (Å²) in [6.45, 7) is 1.87. The SMILES string of the molecule is CC(N)c1nc(C(=O)NC(c2ccccc2)C2CC2)cs1. The number of benzene rings is 1. The molecule has 2 aromatic rings. The molecule has 0 spiro atoms. The van der Waals surface area contributed by atoms with Crippen molar-refractivity contribution in [2.75, 3.05) is 0 Å². The lowest BCUT2D eigenvalue weighted by Gasteiger charge is -2.18. The molecule has 1 aromatic carbocycles. The Kier molecular flexibility index (Phi) is 4.03. The number of hydrogen-bond acceptors (Lipinski definition) is 4. The molecule has 1 aliphatic carbocycles. The van der Waals surface area contributed by atoms with Crippen LogP contribution in [-0.4, -0.2) is 10.9 Å². The highest BCUT2D eigenvalue weighted by atomic mass is 32.1. The number of rotatable bonds is 5. The van der Waals surface area contributed by atoms with Crippen molar-refractivity contribution in [3.05, 3.63) is 52.0 Å². The van der Waals surface area contributed by atoms with E-state index in [0.717, 1.165) is 10.6 Å². The third-order valence-corrected chi connectivity index (χ3v) is 4.73. The smallest absolute Gasteiger partial charge is 0.271 e. The van der Waals surface area contributed by atoms with Gasteiger partial charge in [-0.25, -0.2) is 4.98 Å². The standard InChI is InChI=1S/C16H19N3OS/c1-10(17)16-18-13(9-21-16)15(20)19-14(12-7-8-12)11-5-3-2-4-6-11/h2-6,9-10,12,14H,7-8,17H2,1H3,(H,19,20). The Labute approximate surface area is 128 Å². The normalized spacial score (nSPS) is 17.2. The number of nitrogens with one attached hydrogen (secondary N) is 1. The largest absolute Gasteiger partial charge is 0.344 e. The summed E-state index contributed by atoms with van der Waals surface area (Å²) in [5.41, 5.74) is 7.42. The van der Waals surface area contributed by atoms with Crippen molar-refractivity contribution in [3.63, 3.8) is 0 Å². The van der Waals surface area contributed by atoms with Gasteiger partial charge in [0.05, 0.1) is 12.1 Å². The molecule has 110 valence electrons. The molecule has 2 atom stereocenters. The lowest BCUT2D eigenvalue weighted by atomic mass is 10.0. The average molecular weight is 301 g/mol. The summed E-state index contributed by atoms with van der Waals surface area (Å²) in [6.07, 6.45) is 2.34. The topological polar surface area (TPSA) is 68.0 Å². The van der Waals surface area contributed by atoms with Crippen molar-refractivity contribution < 1.29 is 4.79 Å². The molecule has 21 heavy (non-hydrogen) atoms. The lowest BCUT2D eigenvalue weighted by molar-refractivity contribution is 0.0927. The van der Waals surface area contributed by atoms with Crippen LogP contribution < -0.4 is 11.1 Å². The summed E-state index contributed by atoms with van der Waals surface area (Å²) < 4.78 is 0. The Balaban J connectivity index is 1.75. The first-order valence-corrected chi connectivity index (χ1v) is 8.10. The van der Waals surface area contributed by atoms with Gasteiger partial charge in [0.1, 0.15) is 10.7 Å². The first-order valence-electron chi connectivity index (χ1n) is 7.22. The molecule has 1 fully saturated rings. The van der Waals surface area contributed by atoms with E-state index in [0.29, 0.717) is 11.6 Å². The lowest BCUT2D eigenvalue weighted by Crippen LogP contribution is -2.30. The molecule has 0 saturated heterocycles. The van der Waals surface area contributed by atoms with E-state index in [-0.39, 0.29) is 18.0 Å². The number of nitrogens with zero attached hydrogens (tertiary/aromatic N) is 1. The molecule has 3 N–H and O–H groups in total. The third-order valence-electron chi connectivity index (χ3n) is 3.68. The van der Waals surface area contributed by atoms with Crippen LogP contribution in [0.1, 0.15) is 52.9 Å². The Hall–Kier alpha value is -1.72. The number of carbonyl (C=O) groups excluding carboxylic acids is 1. The second-order valence-electron chi connectivity index (χ2n) is 5.56. The minimum atomic E-state index is -0.134. The fourth-order valence-electron chi connectivity index (χ4n) is 2.38. The van der Waals surface area contributed by atoms with Crippen molar-refractivity contribution in [2.45, 2.75) is 31.8 Å². The highest BCUT2D eigenvalue weighted by Gasteiger charge is 2.33. The molecule has 1 aliphatic rings. The van der Waals surface area contributed by atoms with E-state index >= 15 is 0 Å². The van der Waals surface area contributed by atoms with Crippen molar-refractivity contribution in [1.29, 1.82) is 0 Å². The van der Waals surface area contributed by atoms with Gasteiger partial charge in [0.2, 0.25) is 0 Å². The van der Waals surface area contributed by atoms with Crippen LogP contribution >= 0.6 is 11.3 Å². The maximum Gasteiger partial charge on any atom is 0.271 e. The molecule has 3 rings (SSSR count). The third kappa shape index (κ3) is 3.31. The Bertz CT molecular complexity index is 619. The van der Waals surface area contributed by atoms with Gasteiger partial charge in [-0.05, 0) is 31.2 Å². The number of amides is 1. The summed E-state index contributed by atoms with van der Waals surface area (Å²) in [7, 11) is 0. The zero-order valence-electron chi connectivity index (χ0n) is 12.0. The van der Waals surface area contributed by atoms with Crippen LogP contribution in [0.2, 0.25) is 0 Å². The highest BCUT2D eigenvalue weighted by Crippen LogP contribution is 2.41. The van der Waals surface area contributed by atoms with Crippen LogP contribution in [0.5, 0.6) is 0 Å². The molecule has 0 aliphatic heterocycles. The van der Waals surface area contributed by atoms with Gasteiger partial charge < -0.3 is 11.1 Å². The summed E-state index contributed by atoms with van der Waals surface area (Å²) in [5, 5.41) is 5.70. The summed E-state index contributed by atoms with van der Waals surface area (Å²) in [6, 6.07) is 10.1. The number of aromatic nitrogens is 1. The Morgan fingerprint density at radius 1 is 1.38 bits per heavy atom. The predicted molar refractivity (Wildman–Crippen MR) is 84.1 cm³/mol. The van der Waals surface area contributed by atoms with Gasteiger partial charge in [0.15, 0.2) is 0 Å². The van der Waals surface area contributed by atoms with Crippen molar-refractivity contribution in [3.8, 4) is 0 Å². The molecule has 1 aromatic heterocycles. The van der Waals surface area contributed by atoms with E-state index in [2.05, 4.69) is 22.4 Å². The van der Waals surface area contributed by atoms with Gasteiger partial charge in [-0.2, -0.15) is 0 Å². The van der Waals surface area contributed by atoms with Crippen molar-refractivity contribution >= 4 is 17.2 Å². The quantitative estimate of drug-likeness (QED) is 0.892. The molecule has 0 bridgehead atoms. The number of carbonyl (C=O) groups is 1. The van der Waals surface area contributed by atoms with E-state index in [1.807, 2.05) is 25.1 Å². The second kappa shape index (κ2) is 5.95. The zero-order chi connectivity index (χ0) is 14.8. The van der Waals surface area contributed by atoms with Crippen LogP contribution in [0.3, 0.4) is 0 Å². The summed E-state index contributed by atoms with van der Waals surface area (Å²) in [4.78, 5) is 16.7. The minimum Gasteiger partial charge on any atom is -0.344 e. The molecular weight excluding hydrogens is 282 g/mol. The first-order chi connectivity index (χ1) is 10.1. The molecule has 5 heteroatoms. The van der Waals surface area contributed by atoms with E-state index < -0.39 is 0 Å². The van der Waals surface area contributed by atoms with Gasteiger partial charge >= 0.3 is 0 Å². The highest BCUT2D eigenvalue weighted by molar-refractivity contribution is 7.09. The van der Waals surface area contributed by atoms with E-state index in [9.17, 15) is 4.79 Å². The molecule has 2 unspecified atom stereocenters. The minimum absolute atomic E-state index is 0.0825. The maximum absolute atomic E-state index is 12.4. The van der Waals surface area contributed by atoms with Gasteiger partial charge in [-0.3, -0.25) is 4.79 Å². The number of thiazole rings is 1. The monoisotopic (exact) mass is 301 g/mol. The Morgan fingerprint density at radius 3 is 2.67 bits per heavy atom. The molecule has 1 amide bonds. The van der Waals surface area contributed by atoms with Crippen LogP contribution in [0.25, 0.3) is 0 Å². The number of hydrogen-bond donors (Lipinski definition) is 2. The zero-order valence-corrected chi connectivity index (χ0v) is 12.8. The van der Waals surface area contributed by atoms with Crippen LogP contribution in [0, 0.1) is 5.92 Å². The summed E-state index contributed by atoms with van der Waals surface area (Å²) >= 11 is 1.44. The molecule has 1 heterocycles. The van der Waals surface area contributed by atoms with Gasteiger partial charge in [0.25, 0.3) is 5.91 Å². The predicted octanol–water partition coefficient (Wildman–Crippen LogP) is 3.04. The van der Waals surface area contributed by atoms with Gasteiger partial charge in [-0.15, -0.1) is 11.3 Å². The van der Waals surface area contributed by atoms with Gasteiger partial charge in [-0.1, -0.05) is 30.3 Å². The van der Waals surface area contributed by atoms with E-state index in [4.69, 9.17) is 5.73 Å². The van der Waals surface area contributed by atoms with E-state index in [1.165, 1.54) is 24.2 Å².